The van der Waals surface area contributed by atoms with Crippen LogP contribution in [0.1, 0.15) is 0 Å². The van der Waals surface area contributed by atoms with Gasteiger partial charge in [0.05, 0.1) is 22.4 Å². The molecule has 2 nitrogen and oxygen atoms in total. The molecular formula is C66H46N2. The highest BCUT2D eigenvalue weighted by Gasteiger charge is 2.24. The molecule has 11 aromatic carbocycles. The smallest absolute Gasteiger partial charge is 0.0562 e. The first kappa shape index (κ1) is 40.5. The lowest BCUT2D eigenvalue weighted by molar-refractivity contribution is 1.18. The molecular weight excluding hydrogens is 821 g/mol. The zero-order chi connectivity index (χ0) is 45.2. The van der Waals surface area contributed by atoms with Gasteiger partial charge >= 0.3 is 0 Å². The molecule has 0 atom stereocenters. The lowest BCUT2D eigenvalue weighted by atomic mass is 9.88. The Kier molecular flexibility index (Phi) is 10.6. The van der Waals surface area contributed by atoms with Crippen LogP contribution in [0.15, 0.2) is 279 Å². The van der Waals surface area contributed by atoms with E-state index in [0.717, 1.165) is 45.0 Å². The molecule has 0 unspecified atom stereocenters. The summed E-state index contributed by atoms with van der Waals surface area (Å²) in [6.45, 7) is 0. The van der Waals surface area contributed by atoms with E-state index in [2.05, 4.69) is 289 Å². The third-order valence-corrected chi connectivity index (χ3v) is 13.2. The molecule has 2 heteroatoms. The third kappa shape index (κ3) is 7.45. The van der Waals surface area contributed by atoms with E-state index in [0.29, 0.717) is 0 Å². The Hall–Kier alpha value is -8.98. The first-order chi connectivity index (χ1) is 33.8. The highest BCUT2D eigenvalue weighted by molar-refractivity contribution is 6.17. The topological polar surface area (TPSA) is 8.17 Å². The van der Waals surface area contributed by atoms with Gasteiger partial charge in [-0.25, -0.2) is 0 Å². The minimum absolute atomic E-state index is 1.06. The second kappa shape index (κ2) is 17.8. The van der Waals surface area contributed by atoms with Crippen LogP contribution in [0.25, 0.3) is 94.3 Å². The van der Waals surface area contributed by atoms with E-state index in [1.54, 1.807) is 0 Å². The van der Waals surface area contributed by atoms with E-state index in [-0.39, 0.29) is 0 Å². The summed E-state index contributed by atoms with van der Waals surface area (Å²) in [5, 5.41) is 2.39. The molecule has 1 aromatic heterocycles. The first-order valence-electron chi connectivity index (χ1n) is 23.3. The number of para-hydroxylation sites is 3. The fraction of sp³-hybridized carbons (Fsp3) is 0. The molecule has 12 aromatic rings. The Morgan fingerprint density at radius 3 is 1.26 bits per heavy atom. The standard InChI is InChI=1S/C66H46N2/c1-5-22-47(23-6-1)51-44-52(48-24-7-2-8-25-48)46-53(45-51)49-40-42-55(43-41-49)68(65-39-21-38-64-66(65)61-35-18-20-37-63(61)67(64)54-28-11-4-12-29-54)62-36-19-17-34-60(62)59-33-16-15-32-58(59)57-31-14-13-30-56(57)50-26-9-3-10-27-50/h1-46H. The normalized spacial score (nSPS) is 11.2. The van der Waals surface area contributed by atoms with E-state index in [1.807, 2.05) is 0 Å². The Bertz CT molecular complexity index is 3650. The van der Waals surface area contributed by atoms with E-state index in [9.17, 15) is 0 Å². The number of fused-ring (bicyclic) bond motifs is 3. The molecule has 0 N–H and O–H groups in total. The SMILES string of the molecule is c1ccc(-c2cc(-c3ccccc3)cc(-c3ccc(N(c4ccccc4-c4ccccc4-c4ccccc4-c4ccccc4)c4cccc5c4c4ccccc4n5-c4ccccc4)cc3)c2)cc1. The van der Waals surface area contributed by atoms with E-state index in [1.165, 1.54) is 66.4 Å². The largest absolute Gasteiger partial charge is 0.309 e. The summed E-state index contributed by atoms with van der Waals surface area (Å²) in [6.07, 6.45) is 0. The Morgan fingerprint density at radius 1 is 0.250 bits per heavy atom. The fourth-order valence-corrected chi connectivity index (χ4v) is 10.1. The van der Waals surface area contributed by atoms with Crippen LogP contribution in [0, 0.1) is 0 Å². The van der Waals surface area contributed by atoms with Gasteiger partial charge in [0.25, 0.3) is 0 Å². The summed E-state index contributed by atoms with van der Waals surface area (Å²) in [7, 11) is 0. The lowest BCUT2D eigenvalue weighted by Crippen LogP contribution is -2.12. The summed E-state index contributed by atoms with van der Waals surface area (Å²) in [6, 6.07) is 101. The van der Waals surface area contributed by atoms with Gasteiger partial charge in [0.2, 0.25) is 0 Å². The number of anilines is 3. The van der Waals surface area contributed by atoms with Crippen LogP contribution in [0.5, 0.6) is 0 Å². The van der Waals surface area contributed by atoms with Crippen LogP contribution in [0.3, 0.4) is 0 Å². The van der Waals surface area contributed by atoms with Gasteiger partial charge in [-0.1, -0.05) is 212 Å². The molecule has 320 valence electrons. The van der Waals surface area contributed by atoms with Gasteiger partial charge < -0.3 is 9.47 Å². The third-order valence-electron chi connectivity index (χ3n) is 13.2. The van der Waals surface area contributed by atoms with Gasteiger partial charge in [-0.3, -0.25) is 0 Å². The van der Waals surface area contributed by atoms with Crippen molar-refractivity contribution in [3.05, 3.63) is 279 Å². The number of hydrogen-bond acceptors (Lipinski definition) is 1. The monoisotopic (exact) mass is 866 g/mol. The summed E-state index contributed by atoms with van der Waals surface area (Å²) in [4.78, 5) is 2.49. The number of nitrogens with zero attached hydrogens (tertiary/aromatic N) is 2. The molecule has 0 saturated heterocycles. The minimum Gasteiger partial charge on any atom is -0.309 e. The zero-order valence-corrected chi connectivity index (χ0v) is 37.5. The Morgan fingerprint density at radius 2 is 0.662 bits per heavy atom. The molecule has 12 rings (SSSR count). The van der Waals surface area contributed by atoms with Crippen LogP contribution in [-0.4, -0.2) is 4.57 Å². The highest BCUT2D eigenvalue weighted by atomic mass is 15.2. The van der Waals surface area contributed by atoms with Gasteiger partial charge in [-0.05, 0) is 128 Å². The van der Waals surface area contributed by atoms with Crippen molar-refractivity contribution in [3.8, 4) is 72.4 Å². The number of hydrogen-bond donors (Lipinski definition) is 0. The first-order valence-corrected chi connectivity index (χ1v) is 23.3. The number of aromatic nitrogens is 1. The number of rotatable bonds is 10. The number of benzene rings is 11. The molecule has 0 spiro atoms. The van der Waals surface area contributed by atoms with E-state index in [4.69, 9.17) is 0 Å². The van der Waals surface area contributed by atoms with Gasteiger partial charge in [0.15, 0.2) is 0 Å². The maximum Gasteiger partial charge on any atom is 0.0562 e. The van der Waals surface area contributed by atoms with E-state index >= 15 is 0 Å². The molecule has 1 heterocycles. The second-order valence-electron chi connectivity index (χ2n) is 17.2. The van der Waals surface area contributed by atoms with Crippen molar-refractivity contribution in [2.75, 3.05) is 4.90 Å². The molecule has 0 amide bonds. The molecule has 0 aliphatic rings. The van der Waals surface area contributed by atoms with Crippen molar-refractivity contribution in [3.63, 3.8) is 0 Å². The molecule has 68 heavy (non-hydrogen) atoms. The van der Waals surface area contributed by atoms with Gasteiger partial charge in [-0.15, -0.1) is 0 Å². The summed E-state index contributed by atoms with van der Waals surface area (Å²) in [5.41, 5.74) is 20.9. The molecule has 0 radical (unpaired) electrons. The average molecular weight is 867 g/mol. The molecule has 0 aliphatic heterocycles. The predicted octanol–water partition coefficient (Wildman–Crippen LogP) is 18.3. The summed E-state index contributed by atoms with van der Waals surface area (Å²) < 4.78 is 2.40. The van der Waals surface area contributed by atoms with Gasteiger partial charge in [0, 0.05) is 27.7 Å². The molecule has 0 aliphatic carbocycles. The second-order valence-corrected chi connectivity index (χ2v) is 17.2. The van der Waals surface area contributed by atoms with Crippen LogP contribution >= 0.6 is 0 Å². The van der Waals surface area contributed by atoms with Crippen LogP contribution in [0.4, 0.5) is 17.1 Å². The lowest BCUT2D eigenvalue weighted by Gasteiger charge is -2.29. The van der Waals surface area contributed by atoms with Crippen molar-refractivity contribution in [1.82, 2.24) is 4.57 Å². The summed E-state index contributed by atoms with van der Waals surface area (Å²) >= 11 is 0. The average Bonchev–Trinajstić information content (AvgIpc) is 3.77. The fourth-order valence-electron chi connectivity index (χ4n) is 10.1. The maximum atomic E-state index is 2.49. The van der Waals surface area contributed by atoms with Crippen molar-refractivity contribution >= 4 is 38.9 Å². The van der Waals surface area contributed by atoms with E-state index < -0.39 is 0 Å². The Balaban J connectivity index is 1.08. The molecule has 0 saturated carbocycles. The quantitative estimate of drug-likeness (QED) is 0.133. The van der Waals surface area contributed by atoms with Crippen LogP contribution in [-0.2, 0) is 0 Å². The van der Waals surface area contributed by atoms with Crippen LogP contribution in [0.2, 0.25) is 0 Å². The Labute approximate surface area is 397 Å². The van der Waals surface area contributed by atoms with Gasteiger partial charge in [-0.2, -0.15) is 0 Å². The molecule has 0 bridgehead atoms. The van der Waals surface area contributed by atoms with Crippen molar-refractivity contribution in [1.29, 1.82) is 0 Å². The zero-order valence-electron chi connectivity index (χ0n) is 37.5. The summed E-state index contributed by atoms with van der Waals surface area (Å²) in [5.74, 6) is 0. The highest BCUT2D eigenvalue weighted by Crippen LogP contribution is 2.49. The predicted molar refractivity (Wildman–Crippen MR) is 288 cm³/mol. The minimum atomic E-state index is 1.06. The van der Waals surface area contributed by atoms with Crippen molar-refractivity contribution < 1.29 is 0 Å². The van der Waals surface area contributed by atoms with Crippen molar-refractivity contribution in [2.24, 2.45) is 0 Å². The maximum absolute atomic E-state index is 2.49. The van der Waals surface area contributed by atoms with Gasteiger partial charge in [0.1, 0.15) is 0 Å². The van der Waals surface area contributed by atoms with Crippen molar-refractivity contribution in [2.45, 2.75) is 0 Å². The van der Waals surface area contributed by atoms with Crippen LogP contribution < -0.4 is 4.90 Å². The molecule has 0 fully saturated rings.